The van der Waals surface area contributed by atoms with E-state index in [1.54, 1.807) is 0 Å². The first kappa shape index (κ1) is 12.8. The van der Waals surface area contributed by atoms with Gasteiger partial charge in [-0.15, -0.1) is 0 Å². The van der Waals surface area contributed by atoms with E-state index in [4.69, 9.17) is 15.2 Å². The van der Waals surface area contributed by atoms with Crippen LogP contribution in [0.25, 0.3) is 0 Å². The zero-order chi connectivity index (χ0) is 12.3. The summed E-state index contributed by atoms with van der Waals surface area (Å²) in [5.41, 5.74) is 4.86. The van der Waals surface area contributed by atoms with Crippen LogP contribution in [0.1, 0.15) is 26.2 Å². The first-order valence-corrected chi connectivity index (χ1v) is 6.37. The van der Waals surface area contributed by atoms with Crippen molar-refractivity contribution in [2.75, 3.05) is 26.4 Å². The fraction of sp³-hybridized carbons (Fsp3) is 0.917. The Morgan fingerprint density at radius 1 is 1.47 bits per heavy atom. The summed E-state index contributed by atoms with van der Waals surface area (Å²) in [4.78, 5) is 11.7. The molecule has 3 N–H and O–H groups in total. The quantitative estimate of drug-likeness (QED) is 0.713. The molecule has 3 unspecified atom stereocenters. The topological polar surface area (TPSA) is 73.6 Å². The van der Waals surface area contributed by atoms with E-state index in [1.807, 2.05) is 6.92 Å². The van der Waals surface area contributed by atoms with Crippen LogP contribution in [0.2, 0.25) is 0 Å². The van der Waals surface area contributed by atoms with Crippen molar-refractivity contribution in [2.45, 2.75) is 37.8 Å². The van der Waals surface area contributed by atoms with Crippen molar-refractivity contribution < 1.29 is 14.3 Å². The molecule has 5 nitrogen and oxygen atoms in total. The number of ether oxygens (including phenoxy) is 2. The molecule has 3 atom stereocenters. The maximum absolute atomic E-state index is 11.7. The molecule has 1 amide bonds. The van der Waals surface area contributed by atoms with Gasteiger partial charge in [0.25, 0.3) is 0 Å². The predicted molar refractivity (Wildman–Crippen MR) is 63.5 cm³/mol. The number of hydrogen-bond donors (Lipinski definition) is 2. The second kappa shape index (κ2) is 5.33. The standard InChI is InChI=1S/C12H22N2O3/c1-12(11(13)15,9-4-6-16-8-9)14-7-10-3-2-5-17-10/h9-10,14H,2-8H2,1H3,(H2,13,15). The summed E-state index contributed by atoms with van der Waals surface area (Å²) in [5, 5.41) is 3.30. The highest BCUT2D eigenvalue weighted by Gasteiger charge is 2.41. The minimum atomic E-state index is -0.678. The number of nitrogens with one attached hydrogen (secondary N) is 1. The zero-order valence-electron chi connectivity index (χ0n) is 10.4. The highest BCUT2D eigenvalue weighted by Crippen LogP contribution is 2.26. The molecule has 2 aliphatic rings. The molecule has 17 heavy (non-hydrogen) atoms. The molecule has 2 heterocycles. The summed E-state index contributed by atoms with van der Waals surface area (Å²) in [5.74, 6) is -0.132. The van der Waals surface area contributed by atoms with Gasteiger partial charge in [0.2, 0.25) is 5.91 Å². The van der Waals surface area contributed by atoms with Crippen molar-refractivity contribution in [1.82, 2.24) is 5.32 Å². The van der Waals surface area contributed by atoms with Crippen LogP contribution in [0.15, 0.2) is 0 Å². The van der Waals surface area contributed by atoms with Crippen LogP contribution < -0.4 is 11.1 Å². The number of primary amides is 1. The van der Waals surface area contributed by atoms with Gasteiger partial charge in [-0.05, 0) is 26.2 Å². The average Bonchev–Trinajstić information content (AvgIpc) is 2.98. The molecule has 0 aliphatic carbocycles. The minimum absolute atomic E-state index is 0.168. The largest absolute Gasteiger partial charge is 0.381 e. The Kier molecular flexibility index (Phi) is 4.01. The molecule has 0 bridgehead atoms. The van der Waals surface area contributed by atoms with E-state index in [-0.39, 0.29) is 17.9 Å². The Morgan fingerprint density at radius 2 is 2.29 bits per heavy atom. The molecule has 0 aromatic heterocycles. The maximum atomic E-state index is 11.7. The van der Waals surface area contributed by atoms with Gasteiger partial charge in [-0.3, -0.25) is 4.79 Å². The van der Waals surface area contributed by atoms with Crippen LogP contribution in [0.3, 0.4) is 0 Å². The lowest BCUT2D eigenvalue weighted by atomic mass is 9.84. The molecule has 2 fully saturated rings. The van der Waals surface area contributed by atoms with Gasteiger partial charge in [-0.1, -0.05) is 0 Å². The number of hydrogen-bond acceptors (Lipinski definition) is 4. The van der Waals surface area contributed by atoms with Gasteiger partial charge in [-0.2, -0.15) is 0 Å². The Balaban J connectivity index is 1.92. The van der Waals surface area contributed by atoms with Crippen molar-refractivity contribution in [3.63, 3.8) is 0 Å². The second-order valence-electron chi connectivity index (χ2n) is 5.14. The minimum Gasteiger partial charge on any atom is -0.381 e. The van der Waals surface area contributed by atoms with Crippen molar-refractivity contribution in [3.05, 3.63) is 0 Å². The molecular weight excluding hydrogens is 220 g/mol. The van der Waals surface area contributed by atoms with Crippen molar-refractivity contribution in [1.29, 1.82) is 0 Å². The molecule has 0 aromatic rings. The fourth-order valence-electron chi connectivity index (χ4n) is 2.55. The maximum Gasteiger partial charge on any atom is 0.237 e. The smallest absolute Gasteiger partial charge is 0.237 e. The molecule has 0 radical (unpaired) electrons. The lowest BCUT2D eigenvalue weighted by Crippen LogP contribution is -2.59. The summed E-state index contributed by atoms with van der Waals surface area (Å²) in [7, 11) is 0. The average molecular weight is 242 g/mol. The van der Waals surface area contributed by atoms with Crippen LogP contribution in [0, 0.1) is 5.92 Å². The summed E-state index contributed by atoms with van der Waals surface area (Å²) < 4.78 is 10.9. The van der Waals surface area contributed by atoms with Gasteiger partial charge in [-0.25, -0.2) is 0 Å². The summed E-state index contributed by atoms with van der Waals surface area (Å²) in [6.45, 7) is 4.72. The third kappa shape index (κ3) is 2.78. The van der Waals surface area contributed by atoms with Gasteiger partial charge < -0.3 is 20.5 Å². The van der Waals surface area contributed by atoms with E-state index in [2.05, 4.69) is 5.32 Å². The highest BCUT2D eigenvalue weighted by molar-refractivity contribution is 5.84. The number of amides is 1. The van der Waals surface area contributed by atoms with Crippen molar-refractivity contribution in [2.24, 2.45) is 11.7 Å². The molecular formula is C12H22N2O3. The molecule has 2 saturated heterocycles. The van der Waals surface area contributed by atoms with Crippen LogP contribution in [0.5, 0.6) is 0 Å². The van der Waals surface area contributed by atoms with Gasteiger partial charge in [0.1, 0.15) is 0 Å². The van der Waals surface area contributed by atoms with Gasteiger partial charge >= 0.3 is 0 Å². The van der Waals surface area contributed by atoms with Crippen molar-refractivity contribution in [3.8, 4) is 0 Å². The number of rotatable bonds is 5. The molecule has 2 aliphatic heterocycles. The summed E-state index contributed by atoms with van der Waals surface area (Å²) >= 11 is 0. The van der Waals surface area contributed by atoms with Crippen LogP contribution >= 0.6 is 0 Å². The third-order valence-electron chi connectivity index (χ3n) is 3.98. The van der Waals surface area contributed by atoms with Gasteiger partial charge in [0.15, 0.2) is 0 Å². The first-order valence-electron chi connectivity index (χ1n) is 6.37. The Morgan fingerprint density at radius 3 is 2.82 bits per heavy atom. The fourth-order valence-corrected chi connectivity index (χ4v) is 2.55. The lowest BCUT2D eigenvalue weighted by molar-refractivity contribution is -0.126. The number of nitrogens with two attached hydrogens (primary N) is 1. The van der Waals surface area contributed by atoms with Gasteiger partial charge in [0.05, 0.1) is 18.2 Å². The number of carbonyl (C=O) groups is 1. The molecule has 0 saturated carbocycles. The predicted octanol–water partition coefficient (Wildman–Crippen LogP) is 0.0355. The zero-order valence-corrected chi connectivity index (χ0v) is 10.4. The lowest BCUT2D eigenvalue weighted by Gasteiger charge is -2.33. The van der Waals surface area contributed by atoms with E-state index >= 15 is 0 Å². The van der Waals surface area contributed by atoms with Crippen LogP contribution in [0.4, 0.5) is 0 Å². The van der Waals surface area contributed by atoms with E-state index in [9.17, 15) is 4.79 Å². The SMILES string of the molecule is CC(NCC1CCCO1)(C(N)=O)C1CCOC1. The Hall–Kier alpha value is -0.650. The van der Waals surface area contributed by atoms with Crippen molar-refractivity contribution >= 4 is 5.91 Å². The summed E-state index contributed by atoms with van der Waals surface area (Å²) in [6, 6.07) is 0. The Labute approximate surface area is 102 Å². The van der Waals surface area contributed by atoms with Crippen LogP contribution in [-0.2, 0) is 14.3 Å². The molecule has 5 heteroatoms. The van der Waals surface area contributed by atoms with E-state index in [0.29, 0.717) is 13.2 Å². The van der Waals surface area contributed by atoms with E-state index in [1.165, 1.54) is 0 Å². The highest BCUT2D eigenvalue weighted by atomic mass is 16.5. The normalized spacial score (nSPS) is 32.5. The molecule has 0 aromatic carbocycles. The van der Waals surface area contributed by atoms with E-state index < -0.39 is 5.54 Å². The third-order valence-corrected chi connectivity index (χ3v) is 3.98. The van der Waals surface area contributed by atoms with E-state index in [0.717, 1.165) is 32.5 Å². The van der Waals surface area contributed by atoms with Crippen LogP contribution in [-0.4, -0.2) is 43.9 Å². The second-order valence-corrected chi connectivity index (χ2v) is 5.14. The first-order chi connectivity index (χ1) is 8.13. The molecule has 0 spiro atoms. The number of carbonyl (C=O) groups excluding carboxylic acids is 1. The summed E-state index contributed by atoms with van der Waals surface area (Å²) in [6.07, 6.45) is 3.27. The van der Waals surface area contributed by atoms with Gasteiger partial charge in [0, 0.05) is 25.7 Å². The molecule has 2 rings (SSSR count). The Bertz CT molecular complexity index is 273. The molecule has 98 valence electrons. The monoisotopic (exact) mass is 242 g/mol.